The molecule has 2 aromatic heterocycles. The first kappa shape index (κ1) is 21.5. The zero-order valence-electron chi connectivity index (χ0n) is 15.4. The van der Waals surface area contributed by atoms with E-state index in [1.54, 1.807) is 18.6 Å². The summed E-state index contributed by atoms with van der Waals surface area (Å²) in [6.07, 6.45) is 9.49. The molecule has 0 bridgehead atoms. The lowest BCUT2D eigenvalue weighted by Gasteiger charge is -1.89. The highest BCUT2D eigenvalue weighted by Crippen LogP contribution is 1.96. The van der Waals surface area contributed by atoms with Gasteiger partial charge >= 0.3 is 0 Å². The van der Waals surface area contributed by atoms with Gasteiger partial charge in [-0.05, 0) is 42.7 Å². The maximum atomic E-state index is 3.88. The lowest BCUT2D eigenvalue weighted by Crippen LogP contribution is -1.73. The monoisotopic (exact) mass is 322 g/mol. The average Bonchev–Trinajstić information content (AvgIpc) is 2.66. The molecule has 0 fully saturated rings. The minimum Gasteiger partial charge on any atom is -0.265 e. The van der Waals surface area contributed by atoms with Crippen molar-refractivity contribution < 1.29 is 0 Å². The lowest BCUT2D eigenvalue weighted by molar-refractivity contribution is 1.09. The van der Waals surface area contributed by atoms with Gasteiger partial charge in [-0.25, -0.2) is 0 Å². The summed E-state index contributed by atoms with van der Waals surface area (Å²) in [5.74, 6) is 0. The SMILES string of the molecule is CCC.CCc1ccccc1.Cc1cccnc1.c1ccncc1. The Morgan fingerprint density at radius 1 is 0.667 bits per heavy atom. The third kappa shape index (κ3) is 14.5. The van der Waals surface area contributed by atoms with E-state index in [9.17, 15) is 0 Å². The van der Waals surface area contributed by atoms with Crippen molar-refractivity contribution in [2.75, 3.05) is 0 Å². The molecule has 2 heterocycles. The summed E-state index contributed by atoms with van der Waals surface area (Å²) in [5.41, 5.74) is 2.62. The van der Waals surface area contributed by atoms with Crippen LogP contribution in [0.5, 0.6) is 0 Å². The van der Waals surface area contributed by atoms with Crippen LogP contribution in [0.3, 0.4) is 0 Å². The van der Waals surface area contributed by atoms with E-state index in [0.717, 1.165) is 6.42 Å². The average molecular weight is 322 g/mol. The van der Waals surface area contributed by atoms with Crippen molar-refractivity contribution in [2.45, 2.75) is 40.5 Å². The smallest absolute Gasteiger partial charge is 0.0297 e. The van der Waals surface area contributed by atoms with Gasteiger partial charge in [-0.2, -0.15) is 0 Å². The molecular weight excluding hydrogens is 292 g/mol. The van der Waals surface area contributed by atoms with Gasteiger partial charge in [-0.3, -0.25) is 9.97 Å². The summed E-state index contributed by atoms with van der Waals surface area (Å²) < 4.78 is 0. The molecule has 0 saturated carbocycles. The van der Waals surface area contributed by atoms with Crippen LogP contribution in [-0.4, -0.2) is 9.97 Å². The Morgan fingerprint density at radius 3 is 1.46 bits per heavy atom. The van der Waals surface area contributed by atoms with Crippen molar-refractivity contribution in [2.24, 2.45) is 0 Å². The predicted molar refractivity (Wildman–Crippen MR) is 105 cm³/mol. The fraction of sp³-hybridized carbons (Fsp3) is 0.273. The van der Waals surface area contributed by atoms with Gasteiger partial charge in [-0.1, -0.05) is 69.7 Å². The van der Waals surface area contributed by atoms with Crippen molar-refractivity contribution in [1.82, 2.24) is 9.97 Å². The summed E-state index contributed by atoms with van der Waals surface area (Å²) in [4.78, 5) is 7.67. The van der Waals surface area contributed by atoms with Crippen LogP contribution in [0.1, 0.15) is 38.3 Å². The summed E-state index contributed by atoms with van der Waals surface area (Å²) >= 11 is 0. The number of hydrogen-bond acceptors (Lipinski definition) is 2. The molecule has 0 atom stereocenters. The van der Waals surface area contributed by atoms with Crippen LogP contribution in [0.25, 0.3) is 0 Å². The number of nitrogens with zero attached hydrogens (tertiary/aromatic N) is 2. The van der Waals surface area contributed by atoms with Gasteiger partial charge in [0.25, 0.3) is 0 Å². The molecule has 0 aliphatic rings. The van der Waals surface area contributed by atoms with Gasteiger partial charge in [0.2, 0.25) is 0 Å². The van der Waals surface area contributed by atoms with E-state index in [1.807, 2.05) is 49.5 Å². The Kier molecular flexibility index (Phi) is 15.1. The van der Waals surface area contributed by atoms with Crippen LogP contribution in [0.2, 0.25) is 0 Å². The van der Waals surface area contributed by atoms with E-state index in [0.29, 0.717) is 0 Å². The third-order valence-corrected chi connectivity index (χ3v) is 2.63. The molecule has 2 heteroatoms. The van der Waals surface area contributed by atoms with Crippen LogP contribution in [-0.2, 0) is 6.42 Å². The molecule has 0 N–H and O–H groups in total. The Balaban J connectivity index is 0.000000308. The molecule has 0 spiro atoms. The fourth-order valence-electron chi connectivity index (χ4n) is 1.47. The first-order chi connectivity index (χ1) is 11.7. The highest BCUT2D eigenvalue weighted by Gasteiger charge is 1.80. The summed E-state index contributed by atoms with van der Waals surface area (Å²) in [6.45, 7) is 8.43. The minimum atomic E-state index is 1.14. The number of hydrogen-bond donors (Lipinski definition) is 0. The van der Waals surface area contributed by atoms with Crippen molar-refractivity contribution in [3.05, 3.63) is 96.6 Å². The summed E-state index contributed by atoms with van der Waals surface area (Å²) in [5, 5.41) is 0. The molecule has 0 unspecified atom stereocenters. The maximum Gasteiger partial charge on any atom is 0.0297 e. The zero-order valence-corrected chi connectivity index (χ0v) is 15.4. The Labute approximate surface area is 147 Å². The number of aryl methyl sites for hydroxylation is 2. The van der Waals surface area contributed by atoms with Gasteiger partial charge in [0.1, 0.15) is 0 Å². The van der Waals surface area contributed by atoms with Crippen LogP contribution in [0, 0.1) is 6.92 Å². The highest BCUT2D eigenvalue weighted by atomic mass is 14.6. The minimum absolute atomic E-state index is 1.14. The van der Waals surface area contributed by atoms with E-state index < -0.39 is 0 Å². The van der Waals surface area contributed by atoms with Gasteiger partial charge < -0.3 is 0 Å². The molecule has 128 valence electrons. The van der Waals surface area contributed by atoms with E-state index >= 15 is 0 Å². The molecule has 3 aromatic rings. The standard InChI is InChI=1S/C8H10.C6H7N.C5H5N.C3H8/c1-2-8-6-4-3-5-7-8;1-6-3-2-4-7-5-6;1-2-4-6-5-3-1;1-3-2/h3-7H,2H2,1H3;2-5H,1H3;1-5H;3H2,1-2H3. The molecule has 24 heavy (non-hydrogen) atoms. The number of benzene rings is 1. The summed E-state index contributed by atoms with van der Waals surface area (Å²) in [6, 6.07) is 20.1. The maximum absolute atomic E-state index is 3.88. The second kappa shape index (κ2) is 16.9. The van der Waals surface area contributed by atoms with Crippen molar-refractivity contribution in [3.8, 4) is 0 Å². The lowest BCUT2D eigenvalue weighted by atomic mass is 10.2. The first-order valence-electron chi connectivity index (χ1n) is 8.50. The normalized spacial score (nSPS) is 8.33. The van der Waals surface area contributed by atoms with Crippen LogP contribution in [0.15, 0.2) is 85.5 Å². The second-order valence-electron chi connectivity index (χ2n) is 5.10. The molecule has 0 aliphatic carbocycles. The molecule has 2 nitrogen and oxygen atoms in total. The molecule has 1 aromatic carbocycles. The molecular formula is C22H30N2. The second-order valence-corrected chi connectivity index (χ2v) is 5.10. The largest absolute Gasteiger partial charge is 0.265 e. The van der Waals surface area contributed by atoms with E-state index in [4.69, 9.17) is 0 Å². The van der Waals surface area contributed by atoms with E-state index in [2.05, 4.69) is 55.0 Å². The van der Waals surface area contributed by atoms with Gasteiger partial charge in [0.05, 0.1) is 0 Å². The number of rotatable bonds is 1. The predicted octanol–water partition coefficient (Wildman–Crippen LogP) is 6.14. The van der Waals surface area contributed by atoms with E-state index in [-0.39, 0.29) is 0 Å². The molecule has 0 saturated heterocycles. The molecule has 0 aliphatic heterocycles. The van der Waals surface area contributed by atoms with Crippen LogP contribution in [0.4, 0.5) is 0 Å². The fourth-order valence-corrected chi connectivity index (χ4v) is 1.47. The first-order valence-corrected chi connectivity index (χ1v) is 8.50. The number of pyridine rings is 2. The Morgan fingerprint density at radius 2 is 1.21 bits per heavy atom. The molecule has 3 rings (SSSR count). The van der Waals surface area contributed by atoms with Crippen LogP contribution >= 0.6 is 0 Å². The topological polar surface area (TPSA) is 25.8 Å². The van der Waals surface area contributed by atoms with E-state index in [1.165, 1.54) is 17.5 Å². The Hall–Kier alpha value is -2.48. The van der Waals surface area contributed by atoms with Gasteiger partial charge in [0.15, 0.2) is 0 Å². The van der Waals surface area contributed by atoms with Crippen LogP contribution < -0.4 is 0 Å². The summed E-state index contributed by atoms with van der Waals surface area (Å²) in [7, 11) is 0. The molecule has 0 radical (unpaired) electrons. The van der Waals surface area contributed by atoms with Crippen molar-refractivity contribution >= 4 is 0 Å². The third-order valence-electron chi connectivity index (χ3n) is 2.63. The Bertz CT molecular complexity index is 539. The quantitative estimate of drug-likeness (QED) is 0.538. The van der Waals surface area contributed by atoms with Gasteiger partial charge in [-0.15, -0.1) is 0 Å². The molecule has 0 amide bonds. The van der Waals surface area contributed by atoms with Gasteiger partial charge in [0, 0.05) is 24.8 Å². The number of aromatic nitrogens is 2. The van der Waals surface area contributed by atoms with Crippen molar-refractivity contribution in [1.29, 1.82) is 0 Å². The van der Waals surface area contributed by atoms with Crippen molar-refractivity contribution in [3.63, 3.8) is 0 Å². The zero-order chi connectivity index (χ0) is 17.9. The highest BCUT2D eigenvalue weighted by molar-refractivity contribution is 5.13.